The number of aromatic nitrogens is 2. The summed E-state index contributed by atoms with van der Waals surface area (Å²) in [5.74, 6) is 1.17. The topological polar surface area (TPSA) is 73.3 Å². The maximum Gasteiger partial charge on any atom is 0.257 e. The third-order valence-electron chi connectivity index (χ3n) is 3.92. The van der Waals surface area contributed by atoms with Gasteiger partial charge in [0.25, 0.3) is 5.91 Å². The number of ether oxygens (including phenoxy) is 2. The summed E-state index contributed by atoms with van der Waals surface area (Å²) in [6.45, 7) is 1.86. The Labute approximate surface area is 170 Å². The van der Waals surface area contributed by atoms with Crippen LogP contribution in [-0.4, -0.2) is 30.3 Å². The van der Waals surface area contributed by atoms with Crippen LogP contribution in [-0.2, 0) is 5.75 Å². The number of methoxy groups -OCH3 is 2. The molecule has 0 fully saturated rings. The van der Waals surface area contributed by atoms with Crippen LogP contribution in [0.25, 0.3) is 0 Å². The molecule has 0 aliphatic rings. The fraction of sp³-hybridized carbons (Fsp3) is 0.211. The molecule has 0 saturated heterocycles. The van der Waals surface area contributed by atoms with Crippen molar-refractivity contribution < 1.29 is 18.7 Å². The number of thioether (sulfide) groups is 1. The summed E-state index contributed by atoms with van der Waals surface area (Å²) in [5, 5.41) is 11.2. The molecule has 3 aromatic rings. The molecule has 3 rings (SSSR count). The maximum atomic E-state index is 12.9. The lowest BCUT2D eigenvalue weighted by atomic mass is 10.1. The van der Waals surface area contributed by atoms with Crippen molar-refractivity contribution in [3.8, 4) is 11.5 Å². The predicted octanol–water partition coefficient (Wildman–Crippen LogP) is 4.55. The second-order valence-electron chi connectivity index (χ2n) is 5.75. The summed E-state index contributed by atoms with van der Waals surface area (Å²) in [6.07, 6.45) is 0. The Hall–Kier alpha value is -2.65. The first-order chi connectivity index (χ1) is 13.5. The van der Waals surface area contributed by atoms with Gasteiger partial charge in [-0.2, -0.15) is 0 Å². The summed E-state index contributed by atoms with van der Waals surface area (Å²) >= 11 is 2.74. The average Bonchev–Trinajstić information content (AvgIpc) is 3.15. The zero-order chi connectivity index (χ0) is 20.1. The molecule has 28 heavy (non-hydrogen) atoms. The maximum absolute atomic E-state index is 12.9. The van der Waals surface area contributed by atoms with Crippen LogP contribution in [0, 0.1) is 12.7 Å². The number of nitrogens with one attached hydrogen (secondary N) is 1. The fourth-order valence-electron chi connectivity index (χ4n) is 2.43. The van der Waals surface area contributed by atoms with Crippen LogP contribution < -0.4 is 14.8 Å². The lowest BCUT2D eigenvalue weighted by Gasteiger charge is -2.12. The molecule has 0 aliphatic carbocycles. The zero-order valence-corrected chi connectivity index (χ0v) is 17.1. The summed E-state index contributed by atoms with van der Waals surface area (Å²) in [7, 11) is 3.08. The van der Waals surface area contributed by atoms with Crippen molar-refractivity contribution in [1.82, 2.24) is 10.2 Å². The van der Waals surface area contributed by atoms with Gasteiger partial charge in [-0.15, -0.1) is 10.2 Å². The molecular formula is C19H18FN3O3S2. The van der Waals surface area contributed by atoms with Gasteiger partial charge in [0.15, 0.2) is 4.34 Å². The largest absolute Gasteiger partial charge is 0.496 e. The molecule has 1 aromatic heterocycles. The summed E-state index contributed by atoms with van der Waals surface area (Å²) in [4.78, 5) is 12.6. The third-order valence-corrected chi connectivity index (χ3v) is 5.96. The van der Waals surface area contributed by atoms with Gasteiger partial charge in [-0.05, 0) is 36.8 Å². The molecule has 9 heteroatoms. The van der Waals surface area contributed by atoms with E-state index in [4.69, 9.17) is 9.47 Å². The van der Waals surface area contributed by atoms with E-state index in [0.717, 1.165) is 11.1 Å². The van der Waals surface area contributed by atoms with Crippen LogP contribution in [0.2, 0.25) is 0 Å². The van der Waals surface area contributed by atoms with E-state index in [-0.39, 0.29) is 11.7 Å². The van der Waals surface area contributed by atoms with Gasteiger partial charge in [0.05, 0.1) is 14.2 Å². The second-order valence-corrected chi connectivity index (χ2v) is 7.95. The van der Waals surface area contributed by atoms with Crippen molar-refractivity contribution in [2.45, 2.75) is 17.0 Å². The van der Waals surface area contributed by atoms with Crippen LogP contribution in [0.3, 0.4) is 0 Å². The first-order valence-corrected chi connectivity index (χ1v) is 10.0. The van der Waals surface area contributed by atoms with Gasteiger partial charge >= 0.3 is 0 Å². The van der Waals surface area contributed by atoms with E-state index in [1.807, 2.05) is 6.92 Å². The van der Waals surface area contributed by atoms with E-state index in [2.05, 4.69) is 15.5 Å². The van der Waals surface area contributed by atoms with Gasteiger partial charge in [0.2, 0.25) is 5.13 Å². The first kappa shape index (κ1) is 20.1. The Morgan fingerprint density at radius 2 is 1.79 bits per heavy atom. The second kappa shape index (κ2) is 9.03. The van der Waals surface area contributed by atoms with Gasteiger partial charge in [-0.3, -0.25) is 10.1 Å². The van der Waals surface area contributed by atoms with E-state index < -0.39 is 0 Å². The zero-order valence-electron chi connectivity index (χ0n) is 15.5. The minimum absolute atomic E-state index is 0.265. The Morgan fingerprint density at radius 3 is 2.39 bits per heavy atom. The quantitative estimate of drug-likeness (QED) is 0.447. The number of hydrogen-bond donors (Lipinski definition) is 1. The lowest BCUT2D eigenvalue weighted by molar-refractivity contribution is 0.102. The lowest BCUT2D eigenvalue weighted by Crippen LogP contribution is -2.12. The summed E-state index contributed by atoms with van der Waals surface area (Å²) < 4.78 is 24.3. The van der Waals surface area contributed by atoms with E-state index in [9.17, 15) is 9.18 Å². The van der Waals surface area contributed by atoms with Crippen molar-refractivity contribution in [3.05, 3.63) is 58.9 Å². The van der Waals surface area contributed by atoms with Crippen molar-refractivity contribution in [2.24, 2.45) is 0 Å². The number of halogens is 1. The highest BCUT2D eigenvalue weighted by Crippen LogP contribution is 2.31. The van der Waals surface area contributed by atoms with Crippen LogP contribution in [0.5, 0.6) is 11.5 Å². The van der Waals surface area contributed by atoms with Crippen molar-refractivity contribution in [2.75, 3.05) is 19.5 Å². The Kier molecular flexibility index (Phi) is 6.48. The highest BCUT2D eigenvalue weighted by atomic mass is 32.2. The number of nitrogens with zero attached hydrogens (tertiary/aromatic N) is 2. The molecule has 146 valence electrons. The SMILES string of the molecule is COc1cc(C(=O)Nc2nnc(SCc3ccc(F)cc3)s2)cc(OC)c1C. The van der Waals surface area contributed by atoms with E-state index in [1.54, 1.807) is 38.5 Å². The molecule has 0 unspecified atom stereocenters. The molecule has 0 saturated carbocycles. The Bertz CT molecular complexity index is 952. The number of amides is 1. The number of anilines is 1. The van der Waals surface area contributed by atoms with E-state index in [1.165, 1.54) is 35.2 Å². The summed E-state index contributed by atoms with van der Waals surface area (Å²) in [5.41, 5.74) is 2.19. The molecule has 0 aliphatic heterocycles. The van der Waals surface area contributed by atoms with Gasteiger partial charge in [-0.25, -0.2) is 4.39 Å². The molecule has 1 amide bonds. The van der Waals surface area contributed by atoms with Crippen molar-refractivity contribution >= 4 is 34.1 Å². The molecule has 0 bridgehead atoms. The molecule has 1 N–H and O–H groups in total. The van der Waals surface area contributed by atoms with Crippen LogP contribution in [0.1, 0.15) is 21.5 Å². The Morgan fingerprint density at radius 1 is 1.14 bits per heavy atom. The minimum atomic E-state index is -0.331. The van der Waals surface area contributed by atoms with Gasteiger partial charge in [-0.1, -0.05) is 35.2 Å². The van der Waals surface area contributed by atoms with Gasteiger partial charge < -0.3 is 9.47 Å². The highest BCUT2D eigenvalue weighted by Gasteiger charge is 2.15. The number of benzene rings is 2. The fourth-order valence-corrected chi connectivity index (χ4v) is 4.13. The summed E-state index contributed by atoms with van der Waals surface area (Å²) in [6, 6.07) is 9.60. The third kappa shape index (κ3) is 4.79. The smallest absolute Gasteiger partial charge is 0.257 e. The molecule has 1 heterocycles. The number of rotatable bonds is 7. The molecule has 0 radical (unpaired) electrons. The normalized spacial score (nSPS) is 10.6. The van der Waals surface area contributed by atoms with Crippen LogP contribution in [0.4, 0.5) is 9.52 Å². The molecule has 2 aromatic carbocycles. The molecule has 6 nitrogen and oxygen atoms in total. The van der Waals surface area contributed by atoms with Crippen LogP contribution >= 0.6 is 23.1 Å². The number of hydrogen-bond acceptors (Lipinski definition) is 7. The molecular weight excluding hydrogens is 401 g/mol. The van der Waals surface area contributed by atoms with Crippen molar-refractivity contribution in [3.63, 3.8) is 0 Å². The van der Waals surface area contributed by atoms with Crippen molar-refractivity contribution in [1.29, 1.82) is 0 Å². The van der Waals surface area contributed by atoms with Gasteiger partial charge in [0.1, 0.15) is 17.3 Å². The van der Waals surface area contributed by atoms with Crippen LogP contribution in [0.15, 0.2) is 40.7 Å². The standard InChI is InChI=1S/C19H18FN3O3S2/c1-11-15(25-2)8-13(9-16(11)26-3)17(24)21-18-22-23-19(28-18)27-10-12-4-6-14(20)7-5-12/h4-9H,10H2,1-3H3,(H,21,22,24). The molecule has 0 spiro atoms. The highest BCUT2D eigenvalue weighted by molar-refractivity contribution is 8.00. The predicted molar refractivity (Wildman–Crippen MR) is 108 cm³/mol. The monoisotopic (exact) mass is 419 g/mol. The Balaban J connectivity index is 1.66. The first-order valence-electron chi connectivity index (χ1n) is 8.25. The average molecular weight is 420 g/mol. The molecule has 0 atom stereocenters. The van der Waals surface area contributed by atoms with E-state index >= 15 is 0 Å². The number of carbonyl (C=O) groups excluding carboxylic acids is 1. The minimum Gasteiger partial charge on any atom is -0.496 e. The van der Waals surface area contributed by atoms with E-state index in [0.29, 0.717) is 32.3 Å². The number of carbonyl (C=O) groups is 1. The van der Waals surface area contributed by atoms with Gasteiger partial charge in [0, 0.05) is 16.9 Å².